The third-order valence-electron chi connectivity index (χ3n) is 2.90. The molecule has 96 valence electrons. The standard InChI is InChI=1S/C10H22OSi.3H2O/c1-9(12(2,3)4)7-11-8-10-5-6-10;;;/h9-10H,5-8H2,1-4H3;3*1H2. The molecular formula is C10H28O4Si. The molecule has 5 heteroatoms. The van der Waals surface area contributed by atoms with E-state index in [1.54, 1.807) is 0 Å². The molecule has 1 rings (SSSR count). The zero-order chi connectivity index (χ0) is 9.19. The molecule has 0 saturated heterocycles. The Labute approximate surface area is 94.0 Å². The molecule has 1 unspecified atom stereocenters. The Kier molecular flexibility index (Phi) is 11.2. The fourth-order valence-electron chi connectivity index (χ4n) is 0.946. The molecule has 0 spiro atoms. The molecule has 15 heavy (non-hydrogen) atoms. The lowest BCUT2D eigenvalue weighted by molar-refractivity contribution is 0.124. The molecule has 0 aromatic heterocycles. The van der Waals surface area contributed by atoms with E-state index in [0.717, 1.165) is 24.7 Å². The third kappa shape index (κ3) is 9.01. The third-order valence-corrected chi connectivity index (χ3v) is 6.02. The van der Waals surface area contributed by atoms with Crippen LogP contribution in [0.1, 0.15) is 19.8 Å². The van der Waals surface area contributed by atoms with Crippen molar-refractivity contribution >= 4 is 8.07 Å². The number of hydrogen-bond acceptors (Lipinski definition) is 1. The lowest BCUT2D eigenvalue weighted by Crippen LogP contribution is -2.29. The zero-order valence-corrected chi connectivity index (χ0v) is 11.4. The van der Waals surface area contributed by atoms with Gasteiger partial charge in [0.1, 0.15) is 0 Å². The summed E-state index contributed by atoms with van der Waals surface area (Å²) in [6.07, 6.45) is 2.81. The Bertz CT molecular complexity index is 143. The van der Waals surface area contributed by atoms with Crippen LogP contribution >= 0.6 is 0 Å². The average Bonchev–Trinajstić information content (AvgIpc) is 2.69. The van der Waals surface area contributed by atoms with Crippen molar-refractivity contribution in [1.82, 2.24) is 0 Å². The van der Waals surface area contributed by atoms with Gasteiger partial charge in [-0.05, 0) is 24.3 Å². The van der Waals surface area contributed by atoms with Crippen molar-refractivity contribution in [1.29, 1.82) is 0 Å². The average molecular weight is 240 g/mol. The van der Waals surface area contributed by atoms with Gasteiger partial charge >= 0.3 is 0 Å². The molecule has 1 aliphatic carbocycles. The molecule has 0 aromatic carbocycles. The van der Waals surface area contributed by atoms with Crippen LogP contribution in [-0.4, -0.2) is 37.7 Å². The molecule has 0 heterocycles. The van der Waals surface area contributed by atoms with Gasteiger partial charge in [0.2, 0.25) is 0 Å². The first-order chi connectivity index (χ1) is 5.50. The van der Waals surface area contributed by atoms with E-state index >= 15 is 0 Å². The van der Waals surface area contributed by atoms with Crippen LogP contribution in [0.15, 0.2) is 0 Å². The number of hydrogen-bond donors (Lipinski definition) is 0. The Balaban J connectivity index is -0.000000480. The minimum Gasteiger partial charge on any atom is -0.412 e. The second-order valence-corrected chi connectivity index (χ2v) is 11.0. The first-order valence-electron chi connectivity index (χ1n) is 5.08. The van der Waals surface area contributed by atoms with E-state index in [-0.39, 0.29) is 16.4 Å². The highest BCUT2D eigenvalue weighted by Gasteiger charge is 2.25. The van der Waals surface area contributed by atoms with Crippen molar-refractivity contribution in [2.24, 2.45) is 5.92 Å². The Morgan fingerprint density at radius 3 is 1.93 bits per heavy atom. The smallest absolute Gasteiger partial charge is 0.0496 e. The van der Waals surface area contributed by atoms with E-state index in [2.05, 4.69) is 26.6 Å². The molecule has 4 nitrogen and oxygen atoms in total. The van der Waals surface area contributed by atoms with Crippen molar-refractivity contribution in [2.45, 2.75) is 44.9 Å². The number of rotatable bonds is 5. The fourth-order valence-corrected chi connectivity index (χ4v) is 1.56. The normalized spacial score (nSPS) is 16.8. The minimum atomic E-state index is -0.937. The highest BCUT2D eigenvalue weighted by atomic mass is 28.3. The van der Waals surface area contributed by atoms with Gasteiger partial charge in [0.25, 0.3) is 0 Å². The molecule has 0 bridgehead atoms. The number of ether oxygens (including phenoxy) is 1. The van der Waals surface area contributed by atoms with Crippen LogP contribution in [0.2, 0.25) is 25.2 Å². The quantitative estimate of drug-likeness (QED) is 0.647. The Morgan fingerprint density at radius 2 is 1.60 bits per heavy atom. The summed E-state index contributed by atoms with van der Waals surface area (Å²) in [7, 11) is -0.937. The summed E-state index contributed by atoms with van der Waals surface area (Å²) in [5.41, 5.74) is 0.802. The van der Waals surface area contributed by atoms with E-state index in [1.807, 2.05) is 0 Å². The highest BCUT2D eigenvalue weighted by Crippen LogP contribution is 2.29. The van der Waals surface area contributed by atoms with Gasteiger partial charge < -0.3 is 21.2 Å². The predicted octanol–water partition coefficient (Wildman–Crippen LogP) is 0.667. The lowest BCUT2D eigenvalue weighted by atomic mass is 10.4. The largest absolute Gasteiger partial charge is 0.412 e. The predicted molar refractivity (Wildman–Crippen MR) is 67.2 cm³/mol. The van der Waals surface area contributed by atoms with Crippen LogP contribution in [0.5, 0.6) is 0 Å². The van der Waals surface area contributed by atoms with Gasteiger partial charge in [-0.15, -0.1) is 0 Å². The highest BCUT2D eigenvalue weighted by molar-refractivity contribution is 6.77. The van der Waals surface area contributed by atoms with Gasteiger partial charge in [0.15, 0.2) is 0 Å². The van der Waals surface area contributed by atoms with Gasteiger partial charge in [0.05, 0.1) is 0 Å². The SMILES string of the molecule is CC(COCC1CC1)[Si](C)(C)C.O.O.O. The van der Waals surface area contributed by atoms with E-state index in [4.69, 9.17) is 4.74 Å². The monoisotopic (exact) mass is 240 g/mol. The van der Waals surface area contributed by atoms with Crippen LogP contribution in [0, 0.1) is 5.92 Å². The molecule has 1 aliphatic rings. The van der Waals surface area contributed by atoms with Crippen LogP contribution in [0.4, 0.5) is 0 Å². The van der Waals surface area contributed by atoms with Crippen LogP contribution in [0.3, 0.4) is 0 Å². The summed E-state index contributed by atoms with van der Waals surface area (Å²) < 4.78 is 5.68. The molecule has 1 saturated carbocycles. The van der Waals surface area contributed by atoms with E-state index in [9.17, 15) is 0 Å². The molecule has 1 atom stereocenters. The second kappa shape index (κ2) is 8.24. The fraction of sp³-hybridized carbons (Fsp3) is 1.00. The summed E-state index contributed by atoms with van der Waals surface area (Å²) in [4.78, 5) is 0. The van der Waals surface area contributed by atoms with Crippen molar-refractivity contribution in [2.75, 3.05) is 13.2 Å². The summed E-state index contributed by atoms with van der Waals surface area (Å²) in [6, 6.07) is 0. The van der Waals surface area contributed by atoms with Gasteiger partial charge in [-0.25, -0.2) is 0 Å². The van der Waals surface area contributed by atoms with Crippen molar-refractivity contribution in [3.63, 3.8) is 0 Å². The van der Waals surface area contributed by atoms with Gasteiger partial charge in [-0.2, -0.15) is 0 Å². The van der Waals surface area contributed by atoms with E-state index in [0.29, 0.717) is 0 Å². The van der Waals surface area contributed by atoms with Crippen molar-refractivity contribution < 1.29 is 21.2 Å². The van der Waals surface area contributed by atoms with Gasteiger partial charge in [-0.1, -0.05) is 26.6 Å². The molecule has 6 N–H and O–H groups in total. The van der Waals surface area contributed by atoms with Crippen molar-refractivity contribution in [3.8, 4) is 0 Å². The van der Waals surface area contributed by atoms with Crippen molar-refractivity contribution in [3.05, 3.63) is 0 Å². The summed E-state index contributed by atoms with van der Waals surface area (Å²) >= 11 is 0. The molecular weight excluding hydrogens is 212 g/mol. The first kappa shape index (κ1) is 20.5. The Hall–Kier alpha value is 0.0569. The molecule has 0 amide bonds. The van der Waals surface area contributed by atoms with E-state index < -0.39 is 8.07 Å². The topological polar surface area (TPSA) is 104 Å². The maximum absolute atomic E-state index is 5.68. The first-order valence-corrected chi connectivity index (χ1v) is 8.65. The summed E-state index contributed by atoms with van der Waals surface area (Å²) in [5.74, 6) is 0.916. The zero-order valence-electron chi connectivity index (χ0n) is 10.4. The summed E-state index contributed by atoms with van der Waals surface area (Å²) in [5, 5.41) is 0. The van der Waals surface area contributed by atoms with Crippen LogP contribution in [-0.2, 0) is 4.74 Å². The molecule has 0 radical (unpaired) electrons. The summed E-state index contributed by atoms with van der Waals surface area (Å²) in [6.45, 7) is 11.6. The van der Waals surface area contributed by atoms with Gasteiger partial charge in [0, 0.05) is 21.3 Å². The van der Waals surface area contributed by atoms with Gasteiger partial charge in [-0.3, -0.25) is 0 Å². The molecule has 0 aliphatic heterocycles. The molecule has 1 fully saturated rings. The molecule has 0 aromatic rings. The Morgan fingerprint density at radius 1 is 1.13 bits per heavy atom. The second-order valence-electron chi connectivity index (χ2n) is 5.25. The minimum absolute atomic E-state index is 0. The van der Waals surface area contributed by atoms with E-state index in [1.165, 1.54) is 12.8 Å². The van der Waals surface area contributed by atoms with Crippen LogP contribution < -0.4 is 0 Å². The maximum atomic E-state index is 5.68. The maximum Gasteiger partial charge on any atom is 0.0496 e. The van der Waals surface area contributed by atoms with Crippen LogP contribution in [0.25, 0.3) is 0 Å². The lowest BCUT2D eigenvalue weighted by Gasteiger charge is -2.24.